The fraction of sp³-hybridized carbons (Fsp3) is 0.417. The molecule has 1 saturated heterocycles. The zero-order chi connectivity index (χ0) is 11.6. The van der Waals surface area contributed by atoms with Crippen LogP contribution in [-0.4, -0.2) is 25.4 Å². The molecule has 0 bridgehead atoms. The van der Waals surface area contributed by atoms with Gasteiger partial charge in [-0.1, -0.05) is 28.1 Å². The normalized spacial score (nSPS) is 30.0. The van der Waals surface area contributed by atoms with Crippen molar-refractivity contribution in [2.75, 3.05) is 13.1 Å². The Bertz CT molecular complexity index is 379. The Morgan fingerprint density at radius 2 is 2.06 bits per heavy atom. The summed E-state index contributed by atoms with van der Waals surface area (Å²) >= 11 is 3.41. The molecule has 1 aromatic rings. The number of carbonyl (C=O) groups excluding carboxylic acids is 1. The largest absolute Gasteiger partial charge is 0.305 e. The highest BCUT2D eigenvalue weighted by atomic mass is 79.9. The summed E-state index contributed by atoms with van der Waals surface area (Å²) in [6.45, 7) is 3.76. The van der Waals surface area contributed by atoms with E-state index in [4.69, 9.17) is 0 Å². The van der Waals surface area contributed by atoms with Gasteiger partial charge in [0.2, 0.25) is 0 Å². The maximum absolute atomic E-state index is 11.1. The molecular weight excluding hydrogens is 268 g/mol. The van der Waals surface area contributed by atoms with Crippen LogP contribution in [0.3, 0.4) is 0 Å². The van der Waals surface area contributed by atoms with E-state index in [9.17, 15) is 4.79 Å². The molecule has 1 aliphatic heterocycles. The third kappa shape index (κ3) is 2.05. The average Bonchev–Trinajstić information content (AvgIpc) is 2.30. The van der Waals surface area contributed by atoms with E-state index < -0.39 is 0 Å². The molecule has 0 aromatic heterocycles. The van der Waals surface area contributed by atoms with Gasteiger partial charge in [0, 0.05) is 17.6 Å². The van der Waals surface area contributed by atoms with Gasteiger partial charge in [0.05, 0.1) is 11.6 Å². The molecule has 16 heavy (non-hydrogen) atoms. The van der Waals surface area contributed by atoms with Gasteiger partial charge in [-0.3, -0.25) is 0 Å². The van der Waals surface area contributed by atoms with Crippen molar-refractivity contribution >= 4 is 22.2 Å². The minimum atomic E-state index is -0.319. The number of aldehydes is 1. The predicted octanol–water partition coefficient (Wildman–Crippen LogP) is 1.42. The molecule has 2 rings (SSSR count). The molecule has 0 aliphatic carbocycles. The van der Waals surface area contributed by atoms with E-state index in [0.717, 1.165) is 29.4 Å². The van der Waals surface area contributed by atoms with Gasteiger partial charge in [0.25, 0.3) is 0 Å². The molecule has 0 saturated carbocycles. The van der Waals surface area contributed by atoms with Crippen LogP contribution in [0.15, 0.2) is 28.7 Å². The Kier molecular flexibility index (Phi) is 3.42. The van der Waals surface area contributed by atoms with Crippen molar-refractivity contribution in [3.05, 3.63) is 34.3 Å². The second kappa shape index (κ2) is 4.65. The quantitative estimate of drug-likeness (QED) is 0.807. The Hall–Kier alpha value is -0.710. The topological polar surface area (TPSA) is 41.1 Å². The smallest absolute Gasteiger partial charge is 0.139 e. The monoisotopic (exact) mass is 282 g/mol. The second-order valence-corrected chi connectivity index (χ2v) is 5.12. The van der Waals surface area contributed by atoms with Crippen LogP contribution in [0, 0.1) is 0 Å². The highest BCUT2D eigenvalue weighted by molar-refractivity contribution is 9.10. The summed E-state index contributed by atoms with van der Waals surface area (Å²) in [6.07, 6.45) is 0.980. The van der Waals surface area contributed by atoms with Gasteiger partial charge >= 0.3 is 0 Å². The van der Waals surface area contributed by atoms with Crippen LogP contribution in [0.5, 0.6) is 0 Å². The van der Waals surface area contributed by atoms with E-state index in [-0.39, 0.29) is 11.6 Å². The van der Waals surface area contributed by atoms with Crippen LogP contribution in [0.4, 0.5) is 0 Å². The van der Waals surface area contributed by atoms with E-state index in [1.165, 1.54) is 0 Å². The average molecular weight is 283 g/mol. The lowest BCUT2D eigenvalue weighted by Crippen LogP contribution is -2.62. The van der Waals surface area contributed by atoms with Crippen LogP contribution in [0.25, 0.3) is 0 Å². The summed E-state index contributed by atoms with van der Waals surface area (Å²) in [4.78, 5) is 11.1. The summed E-state index contributed by atoms with van der Waals surface area (Å²) in [7, 11) is 0. The molecule has 0 spiro atoms. The van der Waals surface area contributed by atoms with Gasteiger partial charge in [0.1, 0.15) is 6.29 Å². The zero-order valence-corrected chi connectivity index (χ0v) is 10.8. The second-order valence-electron chi connectivity index (χ2n) is 4.20. The zero-order valence-electron chi connectivity index (χ0n) is 9.16. The first-order valence-electron chi connectivity index (χ1n) is 5.36. The van der Waals surface area contributed by atoms with E-state index in [1.54, 1.807) is 0 Å². The molecule has 2 N–H and O–H groups in total. The van der Waals surface area contributed by atoms with E-state index in [1.807, 2.05) is 24.3 Å². The lowest BCUT2D eigenvalue weighted by atomic mass is 9.83. The molecule has 0 amide bonds. The number of piperazine rings is 1. The number of rotatable bonds is 2. The van der Waals surface area contributed by atoms with Crippen molar-refractivity contribution in [2.45, 2.75) is 18.5 Å². The van der Waals surface area contributed by atoms with Crippen LogP contribution in [0.1, 0.15) is 12.5 Å². The lowest BCUT2D eigenvalue weighted by Gasteiger charge is -2.40. The fourth-order valence-corrected chi connectivity index (χ4v) is 2.39. The van der Waals surface area contributed by atoms with Gasteiger partial charge in [-0.05, 0) is 24.6 Å². The third-order valence-electron chi connectivity index (χ3n) is 3.18. The van der Waals surface area contributed by atoms with Crippen LogP contribution >= 0.6 is 15.9 Å². The van der Waals surface area contributed by atoms with Gasteiger partial charge in [-0.2, -0.15) is 0 Å². The maximum atomic E-state index is 11.1. The van der Waals surface area contributed by atoms with Crippen molar-refractivity contribution in [3.8, 4) is 0 Å². The molecule has 1 fully saturated rings. The summed E-state index contributed by atoms with van der Waals surface area (Å²) in [5.41, 5.74) is 0.806. The van der Waals surface area contributed by atoms with Crippen molar-refractivity contribution in [3.63, 3.8) is 0 Å². The van der Waals surface area contributed by atoms with Gasteiger partial charge in [-0.15, -0.1) is 0 Å². The molecule has 0 radical (unpaired) electrons. The summed E-state index contributed by atoms with van der Waals surface area (Å²) in [5, 5.41) is 6.65. The van der Waals surface area contributed by atoms with E-state index in [2.05, 4.69) is 33.5 Å². The molecule has 86 valence electrons. The van der Waals surface area contributed by atoms with Crippen molar-refractivity contribution in [1.29, 1.82) is 0 Å². The van der Waals surface area contributed by atoms with Crippen molar-refractivity contribution < 1.29 is 4.79 Å². The Morgan fingerprint density at radius 3 is 2.69 bits per heavy atom. The Balaban J connectivity index is 2.34. The summed E-state index contributed by atoms with van der Waals surface area (Å²) < 4.78 is 1.05. The lowest BCUT2D eigenvalue weighted by molar-refractivity contribution is -0.111. The molecule has 1 heterocycles. The first-order valence-corrected chi connectivity index (χ1v) is 6.16. The minimum absolute atomic E-state index is 0.178. The van der Waals surface area contributed by atoms with E-state index in [0.29, 0.717) is 0 Å². The number of benzene rings is 1. The SMILES string of the molecule is CC1(c2ccc(Br)cc2)NCCNC1C=O. The standard InChI is InChI=1S/C12H15BrN2O/c1-12(9-2-4-10(13)5-3-9)11(8-16)14-6-7-15-12/h2-5,8,11,14-15H,6-7H2,1H3. The van der Waals surface area contributed by atoms with Crippen LogP contribution in [0.2, 0.25) is 0 Å². The van der Waals surface area contributed by atoms with Gasteiger partial charge < -0.3 is 15.4 Å². The van der Waals surface area contributed by atoms with Gasteiger partial charge in [-0.25, -0.2) is 0 Å². The molecule has 2 unspecified atom stereocenters. The van der Waals surface area contributed by atoms with E-state index >= 15 is 0 Å². The number of nitrogens with one attached hydrogen (secondary N) is 2. The molecule has 3 nitrogen and oxygen atoms in total. The molecular formula is C12H15BrN2O. The first kappa shape index (κ1) is 11.8. The third-order valence-corrected chi connectivity index (χ3v) is 3.71. The fourth-order valence-electron chi connectivity index (χ4n) is 2.13. The first-order chi connectivity index (χ1) is 7.66. The number of hydrogen-bond acceptors (Lipinski definition) is 3. The summed E-state index contributed by atoms with van der Waals surface area (Å²) in [6, 6.07) is 7.90. The van der Waals surface area contributed by atoms with Crippen LogP contribution < -0.4 is 10.6 Å². The number of hydrogen-bond donors (Lipinski definition) is 2. The number of carbonyl (C=O) groups is 1. The molecule has 1 aliphatic rings. The molecule has 1 aromatic carbocycles. The minimum Gasteiger partial charge on any atom is -0.305 e. The van der Waals surface area contributed by atoms with Gasteiger partial charge in [0.15, 0.2) is 0 Å². The maximum Gasteiger partial charge on any atom is 0.139 e. The predicted molar refractivity (Wildman–Crippen MR) is 67.4 cm³/mol. The molecule has 2 atom stereocenters. The van der Waals surface area contributed by atoms with Crippen molar-refractivity contribution in [2.24, 2.45) is 0 Å². The Morgan fingerprint density at radius 1 is 1.38 bits per heavy atom. The van der Waals surface area contributed by atoms with Crippen molar-refractivity contribution in [1.82, 2.24) is 10.6 Å². The Labute approximate surface area is 104 Å². The highest BCUT2D eigenvalue weighted by Gasteiger charge is 2.37. The van der Waals surface area contributed by atoms with Crippen LogP contribution in [-0.2, 0) is 10.3 Å². The molecule has 4 heteroatoms. The summed E-state index contributed by atoms with van der Waals surface area (Å²) in [5.74, 6) is 0. The highest BCUT2D eigenvalue weighted by Crippen LogP contribution is 2.26. The number of halogens is 1.